The van der Waals surface area contributed by atoms with Crippen molar-refractivity contribution in [1.82, 2.24) is 15.1 Å². The van der Waals surface area contributed by atoms with E-state index in [4.69, 9.17) is 5.11 Å². The molecule has 0 spiro atoms. The molecule has 1 aromatic heterocycles. The average Bonchev–Trinajstić information content (AvgIpc) is 2.69. The molecule has 0 amide bonds. The van der Waals surface area contributed by atoms with Crippen LogP contribution in [0, 0.1) is 0 Å². The van der Waals surface area contributed by atoms with Gasteiger partial charge in [-0.05, 0) is 12.5 Å². The SMILES string of the molecule is CCCCC(NCCc1ccnn1C)C(=O)O. The Kier molecular flexibility index (Phi) is 5.69. The standard InChI is InChI=1S/C12H21N3O2/c1-3-4-5-11(12(16)17)13-8-6-10-7-9-14-15(10)2/h7,9,11,13H,3-6,8H2,1-2H3,(H,16,17). The van der Waals surface area contributed by atoms with Crippen LogP contribution in [-0.2, 0) is 18.3 Å². The second-order valence-electron chi connectivity index (χ2n) is 4.18. The van der Waals surface area contributed by atoms with Crippen molar-refractivity contribution >= 4 is 5.97 Å². The fourth-order valence-corrected chi connectivity index (χ4v) is 1.74. The van der Waals surface area contributed by atoms with Crippen LogP contribution in [0.4, 0.5) is 0 Å². The molecule has 0 bridgehead atoms. The molecule has 1 rings (SSSR count). The van der Waals surface area contributed by atoms with Gasteiger partial charge in [0.05, 0.1) is 0 Å². The van der Waals surface area contributed by atoms with Gasteiger partial charge in [0.2, 0.25) is 0 Å². The molecule has 0 aliphatic heterocycles. The first-order valence-electron chi connectivity index (χ1n) is 6.08. The summed E-state index contributed by atoms with van der Waals surface area (Å²) in [6, 6.07) is 1.52. The van der Waals surface area contributed by atoms with Gasteiger partial charge in [0.1, 0.15) is 6.04 Å². The minimum absolute atomic E-state index is 0.428. The normalized spacial score (nSPS) is 12.6. The van der Waals surface area contributed by atoms with E-state index >= 15 is 0 Å². The Morgan fingerprint density at radius 2 is 2.41 bits per heavy atom. The van der Waals surface area contributed by atoms with Gasteiger partial charge in [-0.15, -0.1) is 0 Å². The molecule has 2 N–H and O–H groups in total. The van der Waals surface area contributed by atoms with Gasteiger partial charge in [0.25, 0.3) is 0 Å². The second-order valence-corrected chi connectivity index (χ2v) is 4.18. The van der Waals surface area contributed by atoms with E-state index in [0.717, 1.165) is 25.0 Å². The molecule has 1 heterocycles. The maximum Gasteiger partial charge on any atom is 0.320 e. The molecule has 0 saturated carbocycles. The lowest BCUT2D eigenvalue weighted by molar-refractivity contribution is -0.139. The fraction of sp³-hybridized carbons (Fsp3) is 0.667. The highest BCUT2D eigenvalue weighted by Gasteiger charge is 2.15. The van der Waals surface area contributed by atoms with Crippen molar-refractivity contribution in [3.8, 4) is 0 Å². The molecule has 96 valence electrons. The molecule has 1 aromatic rings. The number of nitrogens with zero attached hydrogens (tertiary/aromatic N) is 2. The topological polar surface area (TPSA) is 67.2 Å². The summed E-state index contributed by atoms with van der Waals surface area (Å²) in [4.78, 5) is 11.0. The zero-order valence-electron chi connectivity index (χ0n) is 10.5. The van der Waals surface area contributed by atoms with Gasteiger partial charge in [-0.3, -0.25) is 9.48 Å². The zero-order valence-corrected chi connectivity index (χ0v) is 10.5. The third-order valence-electron chi connectivity index (χ3n) is 2.84. The van der Waals surface area contributed by atoms with Crippen molar-refractivity contribution in [3.05, 3.63) is 18.0 Å². The molecule has 5 heteroatoms. The van der Waals surface area contributed by atoms with E-state index in [2.05, 4.69) is 17.3 Å². The predicted molar refractivity (Wildman–Crippen MR) is 65.9 cm³/mol. The number of carboxylic acid groups (broad SMARTS) is 1. The number of aromatic nitrogens is 2. The fourth-order valence-electron chi connectivity index (χ4n) is 1.74. The van der Waals surface area contributed by atoms with Crippen molar-refractivity contribution in [2.75, 3.05) is 6.54 Å². The Bertz CT molecular complexity index is 349. The van der Waals surface area contributed by atoms with Crippen LogP contribution >= 0.6 is 0 Å². The van der Waals surface area contributed by atoms with Gasteiger partial charge in [0.15, 0.2) is 0 Å². The molecule has 0 fully saturated rings. The average molecular weight is 239 g/mol. The number of hydrogen-bond acceptors (Lipinski definition) is 3. The highest BCUT2D eigenvalue weighted by molar-refractivity contribution is 5.73. The maximum absolute atomic E-state index is 11.0. The Labute approximate surface area is 102 Å². The molecule has 0 aliphatic rings. The smallest absolute Gasteiger partial charge is 0.320 e. The van der Waals surface area contributed by atoms with E-state index in [9.17, 15) is 4.79 Å². The van der Waals surface area contributed by atoms with Crippen molar-refractivity contribution in [2.24, 2.45) is 7.05 Å². The van der Waals surface area contributed by atoms with E-state index in [1.165, 1.54) is 0 Å². The molecule has 0 radical (unpaired) electrons. The Hall–Kier alpha value is -1.36. The summed E-state index contributed by atoms with van der Waals surface area (Å²) < 4.78 is 1.81. The summed E-state index contributed by atoms with van der Waals surface area (Å²) in [5.41, 5.74) is 1.11. The van der Waals surface area contributed by atoms with Gasteiger partial charge in [-0.25, -0.2) is 0 Å². The highest BCUT2D eigenvalue weighted by atomic mass is 16.4. The van der Waals surface area contributed by atoms with E-state index in [1.54, 1.807) is 6.20 Å². The quantitative estimate of drug-likeness (QED) is 0.715. The van der Waals surface area contributed by atoms with E-state index in [-0.39, 0.29) is 0 Å². The van der Waals surface area contributed by atoms with E-state index in [1.807, 2.05) is 17.8 Å². The molecule has 0 aliphatic carbocycles. The number of nitrogens with one attached hydrogen (secondary N) is 1. The van der Waals surface area contributed by atoms with Crippen molar-refractivity contribution in [2.45, 2.75) is 38.6 Å². The van der Waals surface area contributed by atoms with Crippen LogP contribution in [0.3, 0.4) is 0 Å². The lowest BCUT2D eigenvalue weighted by atomic mass is 10.1. The van der Waals surface area contributed by atoms with Crippen LogP contribution in [0.5, 0.6) is 0 Å². The Morgan fingerprint density at radius 1 is 1.65 bits per heavy atom. The first-order valence-corrected chi connectivity index (χ1v) is 6.08. The summed E-state index contributed by atoms with van der Waals surface area (Å²) in [6.45, 7) is 2.73. The van der Waals surface area contributed by atoms with Crippen molar-refractivity contribution < 1.29 is 9.90 Å². The lowest BCUT2D eigenvalue weighted by Crippen LogP contribution is -2.37. The van der Waals surface area contributed by atoms with Crippen LogP contribution in [-0.4, -0.2) is 33.4 Å². The van der Waals surface area contributed by atoms with Crippen LogP contribution in [0.15, 0.2) is 12.3 Å². The van der Waals surface area contributed by atoms with Crippen LogP contribution < -0.4 is 5.32 Å². The van der Waals surface area contributed by atoms with E-state index in [0.29, 0.717) is 13.0 Å². The molecule has 1 atom stereocenters. The number of aryl methyl sites for hydroxylation is 1. The minimum Gasteiger partial charge on any atom is -0.480 e. The van der Waals surface area contributed by atoms with Gasteiger partial charge in [0, 0.05) is 31.9 Å². The molecule has 17 heavy (non-hydrogen) atoms. The van der Waals surface area contributed by atoms with Crippen LogP contribution in [0.2, 0.25) is 0 Å². The second kappa shape index (κ2) is 7.06. The summed E-state index contributed by atoms with van der Waals surface area (Å²) >= 11 is 0. The minimum atomic E-state index is -0.761. The largest absolute Gasteiger partial charge is 0.480 e. The molecule has 0 aromatic carbocycles. The molecular formula is C12H21N3O2. The number of carbonyl (C=O) groups is 1. The van der Waals surface area contributed by atoms with Crippen molar-refractivity contribution in [3.63, 3.8) is 0 Å². The maximum atomic E-state index is 11.0. The zero-order chi connectivity index (χ0) is 12.7. The Balaban J connectivity index is 2.32. The molecule has 0 saturated heterocycles. The van der Waals surface area contributed by atoms with E-state index < -0.39 is 12.0 Å². The van der Waals surface area contributed by atoms with Crippen LogP contribution in [0.1, 0.15) is 31.9 Å². The number of unbranched alkanes of at least 4 members (excludes halogenated alkanes) is 1. The number of carboxylic acids is 1. The van der Waals surface area contributed by atoms with Gasteiger partial charge < -0.3 is 10.4 Å². The third kappa shape index (κ3) is 4.56. The molecule has 5 nitrogen and oxygen atoms in total. The van der Waals surface area contributed by atoms with Gasteiger partial charge in [-0.1, -0.05) is 19.8 Å². The monoisotopic (exact) mass is 239 g/mol. The summed E-state index contributed by atoms with van der Waals surface area (Å²) in [6.07, 6.45) is 5.20. The lowest BCUT2D eigenvalue weighted by Gasteiger charge is -2.13. The third-order valence-corrected chi connectivity index (χ3v) is 2.84. The first-order chi connectivity index (χ1) is 8.15. The predicted octanol–water partition coefficient (Wildman–Crippen LogP) is 1.20. The van der Waals surface area contributed by atoms with Crippen molar-refractivity contribution in [1.29, 1.82) is 0 Å². The summed E-state index contributed by atoms with van der Waals surface area (Å²) in [5, 5.41) is 16.2. The van der Waals surface area contributed by atoms with Gasteiger partial charge in [-0.2, -0.15) is 5.10 Å². The highest BCUT2D eigenvalue weighted by Crippen LogP contribution is 2.02. The van der Waals surface area contributed by atoms with Crippen LogP contribution in [0.25, 0.3) is 0 Å². The number of hydrogen-bond donors (Lipinski definition) is 2. The summed E-state index contributed by atoms with van der Waals surface area (Å²) in [5.74, 6) is -0.761. The summed E-state index contributed by atoms with van der Waals surface area (Å²) in [7, 11) is 1.89. The van der Waals surface area contributed by atoms with Gasteiger partial charge >= 0.3 is 5.97 Å². The molecule has 1 unspecified atom stereocenters. The Morgan fingerprint density at radius 3 is 2.94 bits per heavy atom. The number of aliphatic carboxylic acids is 1. The number of rotatable bonds is 8. The molecular weight excluding hydrogens is 218 g/mol. The first kappa shape index (κ1) is 13.7.